The van der Waals surface area contributed by atoms with E-state index in [-0.39, 0.29) is 11.6 Å². The molecule has 0 unspecified atom stereocenters. The van der Waals surface area contributed by atoms with Crippen molar-refractivity contribution in [1.82, 2.24) is 10.6 Å². The Labute approximate surface area is 89.2 Å². The van der Waals surface area contributed by atoms with E-state index in [9.17, 15) is 9.59 Å². The van der Waals surface area contributed by atoms with Gasteiger partial charge in [0, 0.05) is 5.54 Å². The molecule has 0 aromatic rings. The molecule has 1 aliphatic carbocycles. The van der Waals surface area contributed by atoms with Crippen LogP contribution >= 0.6 is 0 Å². The van der Waals surface area contributed by atoms with Crippen LogP contribution in [0.1, 0.15) is 39.5 Å². The second-order valence-corrected chi connectivity index (χ2v) is 4.15. The van der Waals surface area contributed by atoms with E-state index in [1.54, 1.807) is 0 Å². The summed E-state index contributed by atoms with van der Waals surface area (Å²) in [6.45, 7) is 3.47. The minimum atomic E-state index is -1.02. The highest BCUT2D eigenvalue weighted by atomic mass is 16.4. The summed E-state index contributed by atoms with van der Waals surface area (Å²) in [4.78, 5) is 22.0. The SMILES string of the molecule is CCC1(NC(=O)N[C@@H](C)C(=O)O)CCC1. The highest BCUT2D eigenvalue weighted by Crippen LogP contribution is 2.34. The monoisotopic (exact) mass is 214 g/mol. The summed E-state index contributed by atoms with van der Waals surface area (Å²) in [5.74, 6) is -1.02. The van der Waals surface area contributed by atoms with Gasteiger partial charge in [0.15, 0.2) is 0 Å². The van der Waals surface area contributed by atoms with Gasteiger partial charge in [-0.05, 0) is 32.6 Å². The lowest BCUT2D eigenvalue weighted by Gasteiger charge is -2.42. The molecule has 0 radical (unpaired) electrons. The Morgan fingerprint density at radius 1 is 1.47 bits per heavy atom. The lowest BCUT2D eigenvalue weighted by molar-refractivity contribution is -0.138. The molecule has 1 saturated carbocycles. The van der Waals surface area contributed by atoms with Crippen LogP contribution in [0.15, 0.2) is 0 Å². The van der Waals surface area contributed by atoms with Gasteiger partial charge in [0.05, 0.1) is 0 Å². The molecule has 0 saturated heterocycles. The Hall–Kier alpha value is -1.26. The standard InChI is InChI=1S/C10H18N2O3/c1-3-10(5-4-6-10)12-9(15)11-7(2)8(13)14/h7H,3-6H2,1-2H3,(H,13,14)(H2,11,12,15)/t7-/m0/s1. The molecule has 5 heteroatoms. The van der Waals surface area contributed by atoms with Crippen LogP contribution in [0, 0.1) is 0 Å². The van der Waals surface area contributed by atoms with E-state index in [0.717, 1.165) is 25.7 Å². The van der Waals surface area contributed by atoms with E-state index in [1.807, 2.05) is 6.92 Å². The number of nitrogens with one attached hydrogen (secondary N) is 2. The second-order valence-electron chi connectivity index (χ2n) is 4.15. The quantitative estimate of drug-likeness (QED) is 0.655. The Morgan fingerprint density at radius 2 is 2.07 bits per heavy atom. The van der Waals surface area contributed by atoms with E-state index in [1.165, 1.54) is 6.92 Å². The molecule has 86 valence electrons. The van der Waals surface area contributed by atoms with Gasteiger partial charge in [-0.25, -0.2) is 4.79 Å². The fourth-order valence-corrected chi connectivity index (χ4v) is 1.71. The topological polar surface area (TPSA) is 78.4 Å². The number of rotatable bonds is 4. The fourth-order valence-electron chi connectivity index (χ4n) is 1.71. The lowest BCUT2D eigenvalue weighted by Crippen LogP contribution is -2.57. The van der Waals surface area contributed by atoms with E-state index in [2.05, 4.69) is 10.6 Å². The van der Waals surface area contributed by atoms with Crippen molar-refractivity contribution in [2.24, 2.45) is 0 Å². The Morgan fingerprint density at radius 3 is 2.40 bits per heavy atom. The Bertz CT molecular complexity index is 256. The van der Waals surface area contributed by atoms with Gasteiger partial charge in [-0.15, -0.1) is 0 Å². The maximum absolute atomic E-state index is 11.4. The van der Waals surface area contributed by atoms with E-state index in [4.69, 9.17) is 5.11 Å². The molecule has 2 amide bonds. The molecule has 0 aromatic heterocycles. The van der Waals surface area contributed by atoms with Gasteiger partial charge in [0.1, 0.15) is 6.04 Å². The summed E-state index contributed by atoms with van der Waals surface area (Å²) in [7, 11) is 0. The molecule has 0 aliphatic heterocycles. The van der Waals surface area contributed by atoms with Crippen molar-refractivity contribution in [3.05, 3.63) is 0 Å². The normalized spacial score (nSPS) is 19.9. The maximum atomic E-state index is 11.4. The zero-order chi connectivity index (χ0) is 11.5. The molecular weight excluding hydrogens is 196 g/mol. The summed E-state index contributed by atoms with van der Waals surface area (Å²) >= 11 is 0. The molecule has 15 heavy (non-hydrogen) atoms. The largest absolute Gasteiger partial charge is 0.480 e. The first-order valence-corrected chi connectivity index (χ1v) is 5.30. The van der Waals surface area contributed by atoms with Crippen molar-refractivity contribution in [2.45, 2.75) is 51.1 Å². The van der Waals surface area contributed by atoms with Crippen molar-refractivity contribution in [3.63, 3.8) is 0 Å². The van der Waals surface area contributed by atoms with Crippen LogP contribution in [0.3, 0.4) is 0 Å². The fraction of sp³-hybridized carbons (Fsp3) is 0.800. The van der Waals surface area contributed by atoms with Crippen LogP contribution in [0.5, 0.6) is 0 Å². The smallest absolute Gasteiger partial charge is 0.325 e. The average molecular weight is 214 g/mol. The number of carbonyl (C=O) groups excluding carboxylic acids is 1. The predicted molar refractivity (Wildman–Crippen MR) is 55.6 cm³/mol. The van der Waals surface area contributed by atoms with Crippen molar-refractivity contribution in [2.75, 3.05) is 0 Å². The summed E-state index contributed by atoms with van der Waals surface area (Å²) < 4.78 is 0. The number of urea groups is 1. The molecule has 3 N–H and O–H groups in total. The van der Waals surface area contributed by atoms with E-state index in [0.29, 0.717) is 0 Å². The molecule has 0 spiro atoms. The third-order valence-electron chi connectivity index (χ3n) is 3.08. The first kappa shape index (κ1) is 11.8. The lowest BCUT2D eigenvalue weighted by atomic mass is 9.75. The van der Waals surface area contributed by atoms with Crippen LogP contribution in [-0.2, 0) is 4.79 Å². The highest BCUT2D eigenvalue weighted by Gasteiger charge is 2.36. The van der Waals surface area contributed by atoms with Crippen LogP contribution in [0.25, 0.3) is 0 Å². The number of carbonyl (C=O) groups is 2. The summed E-state index contributed by atoms with van der Waals surface area (Å²) in [5.41, 5.74) is -0.0949. The van der Waals surface area contributed by atoms with Crippen LogP contribution in [0.2, 0.25) is 0 Å². The van der Waals surface area contributed by atoms with Crippen molar-refractivity contribution in [1.29, 1.82) is 0 Å². The molecule has 0 bridgehead atoms. The van der Waals surface area contributed by atoms with Crippen LogP contribution in [-0.4, -0.2) is 28.7 Å². The molecule has 1 rings (SSSR count). The summed E-state index contributed by atoms with van der Waals surface area (Å²) in [6.07, 6.45) is 3.99. The van der Waals surface area contributed by atoms with Gasteiger partial charge in [-0.3, -0.25) is 4.79 Å². The zero-order valence-corrected chi connectivity index (χ0v) is 9.17. The number of carboxylic acids is 1. The third-order valence-corrected chi connectivity index (χ3v) is 3.08. The second kappa shape index (κ2) is 4.51. The first-order chi connectivity index (χ1) is 6.99. The number of amides is 2. The number of hydrogen-bond acceptors (Lipinski definition) is 2. The Kier molecular flexibility index (Phi) is 3.55. The van der Waals surface area contributed by atoms with Gasteiger partial charge < -0.3 is 15.7 Å². The molecular formula is C10H18N2O3. The van der Waals surface area contributed by atoms with Crippen LogP contribution < -0.4 is 10.6 Å². The number of hydrogen-bond donors (Lipinski definition) is 3. The minimum absolute atomic E-state index is 0.0949. The molecule has 1 aliphatic rings. The summed E-state index contributed by atoms with van der Waals surface area (Å²) in [5, 5.41) is 13.9. The Balaban J connectivity index is 2.38. The molecule has 1 fully saturated rings. The van der Waals surface area contributed by atoms with Crippen molar-refractivity contribution < 1.29 is 14.7 Å². The average Bonchev–Trinajstić information content (AvgIpc) is 2.11. The molecule has 5 nitrogen and oxygen atoms in total. The van der Waals surface area contributed by atoms with Gasteiger partial charge in [-0.1, -0.05) is 6.92 Å². The van der Waals surface area contributed by atoms with Crippen LogP contribution in [0.4, 0.5) is 4.79 Å². The molecule has 0 heterocycles. The number of aliphatic carboxylic acids is 1. The van der Waals surface area contributed by atoms with E-state index < -0.39 is 12.0 Å². The number of carboxylic acid groups (broad SMARTS) is 1. The van der Waals surface area contributed by atoms with E-state index >= 15 is 0 Å². The first-order valence-electron chi connectivity index (χ1n) is 5.30. The van der Waals surface area contributed by atoms with Crippen molar-refractivity contribution >= 4 is 12.0 Å². The predicted octanol–water partition coefficient (Wildman–Crippen LogP) is 1.09. The summed E-state index contributed by atoms with van der Waals surface area (Å²) in [6, 6.07) is -1.23. The molecule has 1 atom stereocenters. The maximum Gasteiger partial charge on any atom is 0.325 e. The van der Waals surface area contributed by atoms with Gasteiger partial charge in [0.2, 0.25) is 0 Å². The van der Waals surface area contributed by atoms with Gasteiger partial charge >= 0.3 is 12.0 Å². The highest BCUT2D eigenvalue weighted by molar-refractivity contribution is 5.82. The third kappa shape index (κ3) is 2.84. The van der Waals surface area contributed by atoms with Crippen molar-refractivity contribution in [3.8, 4) is 0 Å². The molecule has 0 aromatic carbocycles. The van der Waals surface area contributed by atoms with Gasteiger partial charge in [-0.2, -0.15) is 0 Å². The van der Waals surface area contributed by atoms with Gasteiger partial charge in [0.25, 0.3) is 0 Å². The minimum Gasteiger partial charge on any atom is -0.480 e. The zero-order valence-electron chi connectivity index (χ0n) is 9.17.